The van der Waals surface area contributed by atoms with Gasteiger partial charge in [-0.2, -0.15) is 5.10 Å². The van der Waals surface area contributed by atoms with Crippen molar-refractivity contribution >= 4 is 29.3 Å². The number of carbonyl (C=O) groups is 2. The predicted molar refractivity (Wildman–Crippen MR) is 118 cm³/mol. The Hall–Kier alpha value is -3.14. The molecular weight excluding hydrogens is 436 g/mol. The van der Waals surface area contributed by atoms with Gasteiger partial charge in [-0.3, -0.25) is 14.6 Å². The van der Waals surface area contributed by atoms with Crippen molar-refractivity contribution in [3.8, 4) is 0 Å². The molecule has 0 radical (unpaired) electrons. The zero-order valence-corrected chi connectivity index (χ0v) is 18.2. The maximum Gasteiger partial charge on any atom is 0.407 e. The molecule has 1 atom stereocenters. The first kappa shape index (κ1) is 22.1. The fraction of sp³-hybridized carbons (Fsp3) is 0.476. The third kappa shape index (κ3) is 5.37. The molecule has 1 aliphatic carbocycles. The highest BCUT2D eigenvalue weighted by atomic mass is 35.5. The van der Waals surface area contributed by atoms with Crippen LogP contribution in [0.1, 0.15) is 42.6 Å². The Labute approximate surface area is 189 Å². The van der Waals surface area contributed by atoms with Gasteiger partial charge >= 0.3 is 6.09 Å². The number of hydrogen-bond donors (Lipinski definition) is 3. The zero-order valence-electron chi connectivity index (χ0n) is 17.4. The molecule has 2 aromatic heterocycles. The van der Waals surface area contributed by atoms with Gasteiger partial charge < -0.3 is 20.3 Å². The van der Waals surface area contributed by atoms with Crippen LogP contribution in [0.3, 0.4) is 0 Å². The molecule has 10 nitrogen and oxygen atoms in total. The van der Waals surface area contributed by atoms with Crippen molar-refractivity contribution in [3.05, 3.63) is 51.7 Å². The van der Waals surface area contributed by atoms with E-state index in [0.717, 1.165) is 25.7 Å². The van der Waals surface area contributed by atoms with Crippen molar-refractivity contribution in [2.24, 2.45) is 0 Å². The van der Waals surface area contributed by atoms with Gasteiger partial charge in [0.05, 0.1) is 18.4 Å². The molecule has 170 valence electrons. The minimum absolute atomic E-state index is 0.00864. The summed E-state index contributed by atoms with van der Waals surface area (Å²) in [6.07, 6.45) is 6.05. The van der Waals surface area contributed by atoms with E-state index in [4.69, 9.17) is 16.3 Å². The molecule has 2 aromatic rings. The number of ether oxygens (including phenoxy) is 1. The zero-order chi connectivity index (χ0) is 22.5. The van der Waals surface area contributed by atoms with Crippen molar-refractivity contribution in [1.82, 2.24) is 25.8 Å². The van der Waals surface area contributed by atoms with Crippen LogP contribution in [0.4, 0.5) is 10.5 Å². The number of nitrogens with one attached hydrogen (secondary N) is 3. The third-order valence-corrected chi connectivity index (χ3v) is 6.18. The topological polar surface area (TPSA) is 129 Å². The Morgan fingerprint density at radius 2 is 1.88 bits per heavy atom. The minimum Gasteiger partial charge on any atom is -0.444 e. The molecular formula is C21H25ClN6O4. The molecule has 32 heavy (non-hydrogen) atoms. The first-order valence-electron chi connectivity index (χ1n) is 10.7. The summed E-state index contributed by atoms with van der Waals surface area (Å²) >= 11 is 6.06. The van der Waals surface area contributed by atoms with Gasteiger partial charge in [0.15, 0.2) is 0 Å². The quantitative estimate of drug-likeness (QED) is 0.621. The van der Waals surface area contributed by atoms with Crippen LogP contribution < -0.4 is 21.1 Å². The highest BCUT2D eigenvalue weighted by molar-refractivity contribution is 6.33. The molecule has 1 saturated carbocycles. The lowest BCUT2D eigenvalue weighted by atomic mass is 9.91. The van der Waals surface area contributed by atoms with Gasteiger partial charge in [0.25, 0.3) is 11.5 Å². The Bertz CT molecular complexity index is 1010. The first-order valence-corrected chi connectivity index (χ1v) is 11.0. The number of halogens is 1. The SMILES string of the molecule is O=C(N[C@H]1CC[C@H](NC(=O)c2ccccn2)CC1)O[C@@H]1CCN(c2cn[nH]c(=O)c2Cl)C1. The smallest absolute Gasteiger partial charge is 0.407 e. The van der Waals surface area contributed by atoms with Crippen LogP contribution in [0.15, 0.2) is 35.4 Å². The number of H-pyrrole nitrogens is 1. The number of alkyl carbamates (subject to hydrolysis) is 1. The standard InChI is InChI=1S/C21H25ClN6O4/c22-18-17(11-24-27-20(18)30)28-10-8-15(12-28)32-21(31)26-14-6-4-13(5-7-14)25-19(29)16-3-1-2-9-23-16/h1-3,9,11,13-15H,4-8,10,12H2,(H,25,29)(H,26,31)(H,27,30)/t13-,14-,15-/m1/s1. The molecule has 1 aliphatic heterocycles. The average Bonchev–Trinajstić information content (AvgIpc) is 3.25. The Morgan fingerprint density at radius 1 is 1.12 bits per heavy atom. The van der Waals surface area contributed by atoms with Gasteiger partial charge in [0.1, 0.15) is 16.8 Å². The number of aromatic nitrogens is 3. The van der Waals surface area contributed by atoms with Crippen molar-refractivity contribution in [3.63, 3.8) is 0 Å². The fourth-order valence-corrected chi connectivity index (χ4v) is 4.34. The molecule has 2 aliphatic rings. The average molecular weight is 461 g/mol. The predicted octanol–water partition coefficient (Wildman–Crippen LogP) is 1.86. The molecule has 2 fully saturated rings. The van der Waals surface area contributed by atoms with Crippen molar-refractivity contribution < 1.29 is 14.3 Å². The van der Waals surface area contributed by atoms with Gasteiger partial charge in [0.2, 0.25) is 0 Å². The number of aromatic amines is 1. The van der Waals surface area contributed by atoms with Crippen LogP contribution in [0.5, 0.6) is 0 Å². The maximum atomic E-state index is 12.4. The Morgan fingerprint density at radius 3 is 2.59 bits per heavy atom. The van der Waals surface area contributed by atoms with E-state index in [1.54, 1.807) is 24.4 Å². The second-order valence-electron chi connectivity index (χ2n) is 8.04. The van der Waals surface area contributed by atoms with E-state index in [2.05, 4.69) is 25.8 Å². The van der Waals surface area contributed by atoms with E-state index in [9.17, 15) is 14.4 Å². The van der Waals surface area contributed by atoms with E-state index in [1.807, 2.05) is 4.90 Å². The second kappa shape index (κ2) is 9.99. The summed E-state index contributed by atoms with van der Waals surface area (Å²) in [5.41, 5.74) is 0.491. The number of pyridine rings is 1. The van der Waals surface area contributed by atoms with Crippen LogP contribution in [0, 0.1) is 0 Å². The maximum absolute atomic E-state index is 12.4. The number of anilines is 1. The van der Waals surface area contributed by atoms with E-state index in [0.29, 0.717) is 30.9 Å². The van der Waals surface area contributed by atoms with Crippen LogP contribution in [-0.2, 0) is 4.74 Å². The van der Waals surface area contributed by atoms with Gasteiger partial charge in [-0.1, -0.05) is 17.7 Å². The summed E-state index contributed by atoms with van der Waals surface area (Å²) in [5, 5.41) is 12.1. The van der Waals surface area contributed by atoms with Crippen LogP contribution in [0.2, 0.25) is 5.02 Å². The highest BCUT2D eigenvalue weighted by Gasteiger charge is 2.29. The first-order chi connectivity index (χ1) is 15.5. The van der Waals surface area contributed by atoms with Crippen LogP contribution >= 0.6 is 11.6 Å². The molecule has 11 heteroatoms. The van der Waals surface area contributed by atoms with E-state index in [-0.39, 0.29) is 29.1 Å². The number of rotatable bonds is 5. The monoisotopic (exact) mass is 460 g/mol. The third-order valence-electron chi connectivity index (χ3n) is 5.82. The fourth-order valence-electron chi connectivity index (χ4n) is 4.13. The summed E-state index contributed by atoms with van der Waals surface area (Å²) in [6.45, 7) is 1.06. The second-order valence-corrected chi connectivity index (χ2v) is 8.42. The summed E-state index contributed by atoms with van der Waals surface area (Å²) < 4.78 is 5.57. The Balaban J connectivity index is 1.19. The normalized spacial score (nSPS) is 22.9. The highest BCUT2D eigenvalue weighted by Crippen LogP contribution is 2.26. The molecule has 3 heterocycles. The van der Waals surface area contributed by atoms with E-state index >= 15 is 0 Å². The molecule has 0 unspecified atom stereocenters. The van der Waals surface area contributed by atoms with Crippen molar-refractivity contribution in [2.75, 3.05) is 18.0 Å². The molecule has 1 saturated heterocycles. The lowest BCUT2D eigenvalue weighted by molar-refractivity contribution is 0.0904. The van der Waals surface area contributed by atoms with E-state index in [1.165, 1.54) is 6.20 Å². The van der Waals surface area contributed by atoms with Gasteiger partial charge in [-0.25, -0.2) is 9.89 Å². The van der Waals surface area contributed by atoms with Gasteiger partial charge in [-0.05, 0) is 37.8 Å². The van der Waals surface area contributed by atoms with Gasteiger partial charge in [-0.15, -0.1) is 0 Å². The Kier molecular flexibility index (Phi) is 6.89. The summed E-state index contributed by atoms with van der Waals surface area (Å²) in [6, 6.07) is 5.31. The number of hydrogen-bond acceptors (Lipinski definition) is 7. The van der Waals surface area contributed by atoms with E-state index < -0.39 is 11.7 Å². The minimum atomic E-state index is -0.451. The van der Waals surface area contributed by atoms with Crippen molar-refractivity contribution in [1.29, 1.82) is 0 Å². The van der Waals surface area contributed by atoms with Crippen molar-refractivity contribution in [2.45, 2.75) is 50.3 Å². The lowest BCUT2D eigenvalue weighted by Crippen LogP contribution is -2.44. The molecule has 3 N–H and O–H groups in total. The lowest BCUT2D eigenvalue weighted by Gasteiger charge is -2.29. The van der Waals surface area contributed by atoms with Crippen LogP contribution in [0.25, 0.3) is 0 Å². The largest absolute Gasteiger partial charge is 0.444 e. The summed E-state index contributed by atoms with van der Waals surface area (Å²) in [5.74, 6) is -0.178. The summed E-state index contributed by atoms with van der Waals surface area (Å²) in [7, 11) is 0. The molecule has 4 rings (SSSR count). The molecule has 0 spiro atoms. The number of carbonyl (C=O) groups excluding carboxylic acids is 2. The summed E-state index contributed by atoms with van der Waals surface area (Å²) in [4.78, 5) is 42.2. The van der Waals surface area contributed by atoms with Gasteiger partial charge in [0, 0.05) is 31.2 Å². The number of amides is 2. The molecule has 0 bridgehead atoms. The number of nitrogens with zero attached hydrogens (tertiary/aromatic N) is 3. The molecule has 2 amide bonds. The molecule has 0 aromatic carbocycles. The van der Waals surface area contributed by atoms with Crippen LogP contribution in [-0.4, -0.2) is 58.5 Å².